The van der Waals surface area contributed by atoms with Crippen molar-refractivity contribution >= 4 is 54.3 Å². The van der Waals surface area contributed by atoms with E-state index >= 15 is 0 Å². The lowest BCUT2D eigenvalue weighted by Crippen LogP contribution is -2.00. The van der Waals surface area contributed by atoms with Crippen LogP contribution in [-0.4, -0.2) is 15.0 Å². The molecule has 10 rings (SSSR count). The van der Waals surface area contributed by atoms with Gasteiger partial charge >= 0.3 is 0 Å². The number of hydrogen-bond donors (Lipinski definition) is 0. The van der Waals surface area contributed by atoms with Gasteiger partial charge in [0, 0.05) is 33.0 Å². The van der Waals surface area contributed by atoms with Crippen LogP contribution < -0.4 is 0 Å². The van der Waals surface area contributed by atoms with Gasteiger partial charge in [0.25, 0.3) is 0 Å². The first-order valence-electron chi connectivity index (χ1n) is 23.6. The van der Waals surface area contributed by atoms with E-state index in [4.69, 9.17) is 28.6 Å². The Morgan fingerprint density at radius 3 is 2.06 bits per heavy atom. The van der Waals surface area contributed by atoms with Gasteiger partial charge in [0.05, 0.1) is 23.3 Å². The van der Waals surface area contributed by atoms with Crippen LogP contribution in [0.4, 0.5) is 0 Å². The van der Waals surface area contributed by atoms with E-state index in [9.17, 15) is 4.11 Å². The highest BCUT2D eigenvalue weighted by Gasteiger charge is 2.21. The van der Waals surface area contributed by atoms with Crippen molar-refractivity contribution in [2.24, 2.45) is 0 Å². The van der Waals surface area contributed by atoms with Crippen molar-refractivity contribution in [2.45, 2.75) is 0 Å². The topological polar surface area (TPSA) is 51.8 Å². The van der Waals surface area contributed by atoms with E-state index in [2.05, 4.69) is 9.97 Å². The van der Waals surface area contributed by atoms with E-state index in [1.165, 1.54) is 6.07 Å². The molecule has 2 aromatic heterocycles. The van der Waals surface area contributed by atoms with Crippen molar-refractivity contribution in [2.75, 3.05) is 0 Å². The Morgan fingerprint density at radius 2 is 1.16 bits per heavy atom. The third kappa shape index (κ3) is 4.57. The lowest BCUT2D eigenvalue weighted by atomic mass is 9.96. The molecule has 0 saturated heterocycles. The van der Waals surface area contributed by atoms with Gasteiger partial charge in [-0.15, -0.1) is 0 Å². The lowest BCUT2D eigenvalue weighted by molar-refractivity contribution is 0.670. The monoisotopic (exact) mass is 642 g/mol. The first-order chi connectivity index (χ1) is 31.3. The molecule has 0 aliphatic rings. The second-order valence-corrected chi connectivity index (χ2v) is 11.1. The maximum atomic E-state index is 9.68. The summed E-state index contributed by atoms with van der Waals surface area (Å²) >= 11 is 0. The molecule has 0 bridgehead atoms. The Bertz CT molecular complexity index is 3840. The molecule has 8 aromatic carbocycles. The molecule has 0 unspecified atom stereocenters. The third-order valence-electron chi connectivity index (χ3n) is 8.29. The predicted octanol–water partition coefficient (Wildman–Crippen LogP) is 11.9. The molecule has 0 spiro atoms. The van der Waals surface area contributed by atoms with Crippen LogP contribution in [0, 0.1) is 0 Å². The highest BCUT2D eigenvalue weighted by Crippen LogP contribution is 2.42. The molecule has 0 aliphatic carbocycles. The zero-order valence-electron chi connectivity index (χ0n) is 42.0. The van der Waals surface area contributed by atoms with Crippen LogP contribution in [-0.2, 0) is 0 Å². The van der Waals surface area contributed by atoms with Crippen LogP contribution in [0.3, 0.4) is 0 Å². The molecule has 2 heterocycles. The van der Waals surface area contributed by atoms with Gasteiger partial charge in [0.2, 0.25) is 0 Å². The summed E-state index contributed by atoms with van der Waals surface area (Å²) in [6.45, 7) is 0. The standard InChI is InChI=1S/C45H27N3O/c1-2-12-31(13-3-1)43-46-44(34-23-21-30-20-19-29-11-6-7-15-35(29)39(30)27-34)48-45(47-43)38-25-24-36(33-22-18-28-10-4-5-14-32(28)26-33)42-41(38)37-16-8-9-17-40(37)49-42/h1-27H/i1D,2D,3D,4D,5D,8D,9D,10D,12D,13D,14D,17D,18D,22D,24D,25D,26D. The average Bonchev–Trinajstić information content (AvgIpc) is 3.68. The molecule has 49 heavy (non-hydrogen) atoms. The summed E-state index contributed by atoms with van der Waals surface area (Å²) in [5, 5.41) is 2.41. The SMILES string of the molecule is [2H]c1cc2c(oc3c(-c4c([2H])c([2H])c5c([2H])c([2H])c([2H])c([2H])c5c4[2H])c([2H])c([2H])c(-c4nc(-c5ccc6ccc7ccccc7c6c5)nc(-c5c([2H])c([2H])c([2H])c([2H])c5[2H])n4)c32)c([2H])c1[2H]. The second kappa shape index (κ2) is 11.0. The van der Waals surface area contributed by atoms with Crippen molar-refractivity contribution in [3.05, 3.63) is 163 Å². The van der Waals surface area contributed by atoms with Crippen molar-refractivity contribution in [3.63, 3.8) is 0 Å². The Balaban J connectivity index is 1.37. The molecular formula is C45H27N3O. The zero-order valence-corrected chi connectivity index (χ0v) is 25.0. The number of nitrogens with zero attached hydrogens (tertiary/aromatic N) is 3. The van der Waals surface area contributed by atoms with E-state index in [0.29, 0.717) is 5.56 Å². The number of furan rings is 1. The van der Waals surface area contributed by atoms with E-state index in [-0.39, 0.29) is 33.3 Å². The summed E-state index contributed by atoms with van der Waals surface area (Å²) in [6.07, 6.45) is 0. The fourth-order valence-corrected chi connectivity index (χ4v) is 6.03. The van der Waals surface area contributed by atoms with Crippen LogP contribution >= 0.6 is 0 Å². The van der Waals surface area contributed by atoms with Crippen LogP contribution in [0.25, 0.3) is 99.5 Å². The molecule has 4 nitrogen and oxygen atoms in total. The van der Waals surface area contributed by atoms with E-state index in [1.54, 1.807) is 12.1 Å². The minimum absolute atomic E-state index is 0.0592. The summed E-state index contributed by atoms with van der Waals surface area (Å²) in [5.41, 5.74) is -2.01. The molecule has 0 radical (unpaired) electrons. The molecule has 4 heteroatoms. The minimum Gasteiger partial charge on any atom is -0.455 e. The summed E-state index contributed by atoms with van der Waals surface area (Å²) < 4.78 is 155. The first-order valence-corrected chi connectivity index (χ1v) is 15.1. The summed E-state index contributed by atoms with van der Waals surface area (Å²) in [7, 11) is 0. The molecule has 10 aromatic rings. The maximum Gasteiger partial charge on any atom is 0.164 e. The van der Waals surface area contributed by atoms with E-state index in [0.717, 1.165) is 21.5 Å². The molecule has 0 amide bonds. The van der Waals surface area contributed by atoms with Crippen LogP contribution in [0.15, 0.2) is 168 Å². The van der Waals surface area contributed by atoms with Crippen molar-refractivity contribution in [1.29, 1.82) is 0 Å². The van der Waals surface area contributed by atoms with Gasteiger partial charge in [-0.05, 0) is 68.1 Å². The number of rotatable bonds is 4. The normalized spacial score (nSPS) is 16.5. The maximum absolute atomic E-state index is 9.68. The Labute approximate surface area is 305 Å². The van der Waals surface area contributed by atoms with Gasteiger partial charge < -0.3 is 4.42 Å². The summed E-state index contributed by atoms with van der Waals surface area (Å²) in [6, 6.07) is 6.83. The highest BCUT2D eigenvalue weighted by molar-refractivity contribution is 6.16. The molecule has 0 saturated carbocycles. The number of fused-ring (bicyclic) bond motifs is 7. The number of hydrogen-bond acceptors (Lipinski definition) is 4. The summed E-state index contributed by atoms with van der Waals surface area (Å²) in [4.78, 5) is 14.1. The van der Waals surface area contributed by atoms with Gasteiger partial charge in [-0.2, -0.15) is 0 Å². The zero-order chi connectivity index (χ0) is 47.1. The predicted molar refractivity (Wildman–Crippen MR) is 201 cm³/mol. The van der Waals surface area contributed by atoms with Crippen LogP contribution in [0.5, 0.6) is 0 Å². The molecule has 0 aliphatic heterocycles. The van der Waals surface area contributed by atoms with Crippen molar-refractivity contribution in [3.8, 4) is 45.3 Å². The van der Waals surface area contributed by atoms with Crippen LogP contribution in [0.2, 0.25) is 0 Å². The fraction of sp³-hybridized carbons (Fsp3) is 0. The van der Waals surface area contributed by atoms with Gasteiger partial charge in [-0.25, -0.2) is 15.0 Å². The van der Waals surface area contributed by atoms with Crippen molar-refractivity contribution in [1.82, 2.24) is 15.0 Å². The van der Waals surface area contributed by atoms with Gasteiger partial charge in [0.1, 0.15) is 11.2 Å². The Hall–Kier alpha value is -6.65. The Morgan fingerprint density at radius 1 is 0.449 bits per heavy atom. The molecule has 0 fully saturated rings. The summed E-state index contributed by atoms with van der Waals surface area (Å²) in [5.74, 6) is -0.898. The molecular weight excluding hydrogens is 599 g/mol. The number of para-hydroxylation sites is 1. The smallest absolute Gasteiger partial charge is 0.164 e. The second-order valence-electron chi connectivity index (χ2n) is 11.1. The quantitative estimate of drug-likeness (QED) is 0.179. The van der Waals surface area contributed by atoms with Crippen LogP contribution in [0.1, 0.15) is 23.3 Å². The van der Waals surface area contributed by atoms with Gasteiger partial charge in [0.15, 0.2) is 17.5 Å². The van der Waals surface area contributed by atoms with Crippen molar-refractivity contribution < 1.29 is 27.7 Å². The van der Waals surface area contributed by atoms with E-state index < -0.39 is 142 Å². The number of benzene rings is 8. The lowest BCUT2D eigenvalue weighted by Gasteiger charge is -2.12. The minimum atomic E-state index is -0.747. The number of aromatic nitrogens is 3. The Kier molecular flexibility index (Phi) is 3.47. The van der Waals surface area contributed by atoms with Gasteiger partial charge in [-0.1, -0.05) is 133 Å². The fourth-order valence-electron chi connectivity index (χ4n) is 6.03. The van der Waals surface area contributed by atoms with E-state index in [1.807, 2.05) is 42.5 Å². The molecule has 0 N–H and O–H groups in total. The molecule has 0 atom stereocenters. The highest BCUT2D eigenvalue weighted by atomic mass is 16.3. The average molecular weight is 643 g/mol. The largest absolute Gasteiger partial charge is 0.455 e. The first kappa shape index (κ1) is 15.5. The molecule has 228 valence electrons. The van der Waals surface area contributed by atoms with Gasteiger partial charge in [-0.3, -0.25) is 0 Å². The third-order valence-corrected chi connectivity index (χ3v) is 8.29.